The van der Waals surface area contributed by atoms with Crippen molar-refractivity contribution in [3.05, 3.63) is 35.6 Å². The van der Waals surface area contributed by atoms with Crippen LogP contribution in [-0.4, -0.2) is 67.3 Å². The highest BCUT2D eigenvalue weighted by Gasteiger charge is 2.54. The quantitative estimate of drug-likeness (QED) is 0.222. The molecule has 1 fully saturated rings. The number of hydrogen-bond donors (Lipinski definition) is 0. The molecule has 1 aliphatic rings. The number of ether oxygens (including phenoxy) is 5. The largest absolute Gasteiger partial charge is 0.462 e. The third-order valence-electron chi connectivity index (χ3n) is 6.39. The number of nitrogens with zero attached hydrogens (tertiary/aromatic N) is 1. The van der Waals surface area contributed by atoms with Gasteiger partial charge in [0.25, 0.3) is 0 Å². The summed E-state index contributed by atoms with van der Waals surface area (Å²) in [6.07, 6.45) is -5.37. The first-order valence-electron chi connectivity index (χ1n) is 14.7. The van der Waals surface area contributed by atoms with E-state index in [-0.39, 0.29) is 0 Å². The highest BCUT2D eigenvalue weighted by atomic mass is 19.1. The Morgan fingerprint density at radius 1 is 0.727 bits per heavy atom. The summed E-state index contributed by atoms with van der Waals surface area (Å²) in [6.45, 7) is 19.4. The average molecular weight is 622 g/mol. The molecule has 0 radical (unpaired) electrons. The SMILES string of the molecule is CC(C)(C)C(=O)OC[C@H]1O[C@@H](/N=C/c2cccc(F)c2)[C@H](OC(=O)C(C)(C)C)[C@@H](OC(=O)C(C)(C)C)[C@H]1OC(=O)C(C)(C)C. The lowest BCUT2D eigenvalue weighted by Crippen LogP contribution is -2.63. The number of carbonyl (C=O) groups excluding carboxylic acids is 4. The number of rotatable bonds is 7. The molecule has 0 spiro atoms. The molecule has 0 saturated carbocycles. The van der Waals surface area contributed by atoms with Crippen LogP contribution in [0.4, 0.5) is 4.39 Å². The van der Waals surface area contributed by atoms with Crippen LogP contribution in [0.15, 0.2) is 29.3 Å². The molecule has 1 aromatic carbocycles. The lowest BCUT2D eigenvalue weighted by atomic mass is 9.92. The number of hydrogen-bond acceptors (Lipinski definition) is 10. The zero-order chi connectivity index (χ0) is 33.8. The summed E-state index contributed by atoms with van der Waals surface area (Å²) >= 11 is 0. The maximum absolute atomic E-state index is 13.9. The van der Waals surface area contributed by atoms with Gasteiger partial charge in [0.1, 0.15) is 18.5 Å². The number of benzene rings is 1. The van der Waals surface area contributed by atoms with E-state index in [1.54, 1.807) is 89.2 Å². The predicted octanol–water partition coefficient (Wildman–Crippen LogP) is 5.43. The van der Waals surface area contributed by atoms with E-state index >= 15 is 0 Å². The Bertz CT molecular complexity index is 1230. The van der Waals surface area contributed by atoms with E-state index in [1.165, 1.54) is 24.4 Å². The minimum absolute atomic E-state index is 0.384. The normalized spacial score (nSPS) is 23.2. The molecule has 1 saturated heterocycles. The Morgan fingerprint density at radius 2 is 1.18 bits per heavy atom. The van der Waals surface area contributed by atoms with Gasteiger partial charge >= 0.3 is 23.9 Å². The van der Waals surface area contributed by atoms with E-state index in [0.29, 0.717) is 5.56 Å². The number of esters is 4. The molecule has 0 amide bonds. The third kappa shape index (κ3) is 10.4. The van der Waals surface area contributed by atoms with Crippen molar-refractivity contribution in [2.24, 2.45) is 26.7 Å². The van der Waals surface area contributed by atoms with Crippen LogP contribution in [0.3, 0.4) is 0 Å². The maximum atomic E-state index is 13.9. The molecule has 5 atom stereocenters. The molecule has 1 aromatic rings. The lowest BCUT2D eigenvalue weighted by molar-refractivity contribution is -0.258. The van der Waals surface area contributed by atoms with E-state index in [1.807, 2.05) is 0 Å². The molecule has 10 nitrogen and oxygen atoms in total. The predicted molar refractivity (Wildman–Crippen MR) is 161 cm³/mol. The maximum Gasteiger partial charge on any atom is 0.311 e. The van der Waals surface area contributed by atoms with Crippen molar-refractivity contribution < 1.29 is 47.3 Å². The fourth-order valence-corrected chi connectivity index (χ4v) is 3.57. The standard InChI is InChI=1S/C33H48FNO9/c1-30(2,3)26(36)40-18-21-22(42-27(37)31(4,5)6)23(43-28(38)32(7,8)9)24(44-29(39)33(10,11)12)25(41-21)35-17-19-14-13-15-20(34)16-19/h13-17,21-25H,18H2,1-12H3/b35-17+/t21-,22+,23+,24-,25-/m1/s1. The van der Waals surface area contributed by atoms with Gasteiger partial charge in [-0.25, -0.2) is 4.39 Å². The van der Waals surface area contributed by atoms with E-state index in [4.69, 9.17) is 23.7 Å². The second-order valence-electron chi connectivity index (χ2n) is 15.1. The zero-order valence-electron chi connectivity index (χ0n) is 28.0. The van der Waals surface area contributed by atoms with Crippen molar-refractivity contribution in [3.8, 4) is 0 Å². The van der Waals surface area contributed by atoms with Gasteiger partial charge in [0.15, 0.2) is 24.5 Å². The van der Waals surface area contributed by atoms with Crippen LogP contribution in [0.5, 0.6) is 0 Å². The molecule has 0 aromatic heterocycles. The molecule has 0 N–H and O–H groups in total. The zero-order valence-corrected chi connectivity index (χ0v) is 28.0. The van der Waals surface area contributed by atoms with Crippen molar-refractivity contribution in [1.82, 2.24) is 0 Å². The molecular weight excluding hydrogens is 573 g/mol. The first-order chi connectivity index (χ1) is 19.9. The fraction of sp³-hybridized carbons (Fsp3) is 0.667. The van der Waals surface area contributed by atoms with Crippen molar-refractivity contribution in [2.45, 2.75) is 114 Å². The van der Waals surface area contributed by atoms with Gasteiger partial charge in [0.05, 0.1) is 21.7 Å². The molecular formula is C33H48FNO9. The van der Waals surface area contributed by atoms with Crippen LogP contribution < -0.4 is 0 Å². The molecule has 1 heterocycles. The average Bonchev–Trinajstić information content (AvgIpc) is 2.86. The Morgan fingerprint density at radius 3 is 1.64 bits per heavy atom. The van der Waals surface area contributed by atoms with Gasteiger partial charge in [0.2, 0.25) is 0 Å². The van der Waals surface area contributed by atoms with E-state index < -0.39 is 88.6 Å². The van der Waals surface area contributed by atoms with Gasteiger partial charge in [-0.1, -0.05) is 12.1 Å². The molecule has 11 heteroatoms. The Kier molecular flexibility index (Phi) is 11.5. The van der Waals surface area contributed by atoms with Crippen LogP contribution in [0, 0.1) is 27.5 Å². The van der Waals surface area contributed by atoms with Gasteiger partial charge in [-0.05, 0) is 101 Å². The Hall–Kier alpha value is -3.34. The molecule has 0 bridgehead atoms. The van der Waals surface area contributed by atoms with Crippen molar-refractivity contribution >= 4 is 30.1 Å². The summed E-state index contributed by atoms with van der Waals surface area (Å²) in [7, 11) is 0. The van der Waals surface area contributed by atoms with Gasteiger partial charge in [0, 0.05) is 6.21 Å². The summed E-state index contributed by atoms with van der Waals surface area (Å²) in [5.41, 5.74) is -3.43. The molecule has 44 heavy (non-hydrogen) atoms. The molecule has 246 valence electrons. The highest BCUT2D eigenvalue weighted by Crippen LogP contribution is 2.34. The van der Waals surface area contributed by atoms with Gasteiger partial charge in [-0.2, -0.15) is 0 Å². The van der Waals surface area contributed by atoms with Crippen molar-refractivity contribution in [2.75, 3.05) is 6.61 Å². The van der Waals surface area contributed by atoms with Crippen LogP contribution in [-0.2, 0) is 42.9 Å². The second kappa shape index (κ2) is 13.7. The van der Waals surface area contributed by atoms with Crippen LogP contribution >= 0.6 is 0 Å². The van der Waals surface area contributed by atoms with Gasteiger partial charge in [-0.3, -0.25) is 24.2 Å². The summed E-state index contributed by atoms with van der Waals surface area (Å²) in [6, 6.07) is 5.63. The number of carbonyl (C=O) groups is 4. The Balaban J connectivity index is 2.72. The monoisotopic (exact) mass is 621 g/mol. The summed E-state index contributed by atoms with van der Waals surface area (Å²) in [4.78, 5) is 56.9. The molecule has 1 aliphatic heterocycles. The summed E-state index contributed by atoms with van der Waals surface area (Å²) in [5.74, 6) is -3.03. The summed E-state index contributed by atoms with van der Waals surface area (Å²) in [5, 5.41) is 0. The molecule has 0 aliphatic carbocycles. The first-order valence-corrected chi connectivity index (χ1v) is 14.7. The molecule has 2 rings (SSSR count). The number of aliphatic imine (C=N–C) groups is 1. The van der Waals surface area contributed by atoms with E-state index in [9.17, 15) is 23.6 Å². The molecule has 0 unspecified atom stereocenters. The smallest absolute Gasteiger partial charge is 0.311 e. The van der Waals surface area contributed by atoms with Crippen molar-refractivity contribution in [1.29, 1.82) is 0 Å². The van der Waals surface area contributed by atoms with Gasteiger partial charge in [-0.15, -0.1) is 0 Å². The first kappa shape index (κ1) is 36.8. The van der Waals surface area contributed by atoms with Crippen LogP contribution in [0.1, 0.15) is 88.6 Å². The van der Waals surface area contributed by atoms with Crippen molar-refractivity contribution in [3.63, 3.8) is 0 Å². The third-order valence-corrected chi connectivity index (χ3v) is 6.39. The van der Waals surface area contributed by atoms with E-state index in [2.05, 4.69) is 4.99 Å². The topological polar surface area (TPSA) is 127 Å². The fourth-order valence-electron chi connectivity index (χ4n) is 3.57. The van der Waals surface area contributed by atoms with Crippen LogP contribution in [0.2, 0.25) is 0 Å². The minimum atomic E-state index is -1.42. The lowest BCUT2D eigenvalue weighted by Gasteiger charge is -2.45. The van der Waals surface area contributed by atoms with Gasteiger partial charge < -0.3 is 23.7 Å². The minimum Gasteiger partial charge on any atom is -0.462 e. The van der Waals surface area contributed by atoms with E-state index in [0.717, 1.165) is 0 Å². The Labute approximate surface area is 260 Å². The highest BCUT2D eigenvalue weighted by molar-refractivity contribution is 5.80. The van der Waals surface area contributed by atoms with Crippen LogP contribution in [0.25, 0.3) is 0 Å². The number of halogens is 1. The second-order valence-corrected chi connectivity index (χ2v) is 15.1. The summed E-state index contributed by atoms with van der Waals surface area (Å²) < 4.78 is 43.5.